The van der Waals surface area contributed by atoms with E-state index in [1.54, 1.807) is 25.3 Å². The molecule has 134 valence electrons. The van der Waals surface area contributed by atoms with Crippen LogP contribution in [-0.2, 0) is 12.7 Å². The predicted octanol–water partition coefficient (Wildman–Crippen LogP) is 3.99. The average Bonchev–Trinajstić information content (AvgIpc) is 2.63. The summed E-state index contributed by atoms with van der Waals surface area (Å²) in [5.41, 5.74) is 0.876. The smallest absolute Gasteiger partial charge is 0.416 e. The minimum absolute atomic E-state index is 0.0843. The second-order valence-electron chi connectivity index (χ2n) is 5.64. The Morgan fingerprint density at radius 3 is 2.19 bits per heavy atom. The average molecular weight is 360 g/mol. The number of rotatable bonds is 4. The summed E-state index contributed by atoms with van der Waals surface area (Å²) in [6.07, 6.45) is -4.39. The molecule has 0 spiro atoms. The van der Waals surface area contributed by atoms with E-state index in [2.05, 4.69) is 5.10 Å². The molecule has 0 unspecified atom stereocenters. The Balaban J connectivity index is 1.87. The van der Waals surface area contributed by atoms with Crippen molar-refractivity contribution in [1.29, 1.82) is 0 Å². The number of methoxy groups -OCH3 is 1. The van der Waals surface area contributed by atoms with Crippen molar-refractivity contribution in [2.45, 2.75) is 12.7 Å². The summed E-state index contributed by atoms with van der Waals surface area (Å²) in [7, 11) is 1.57. The van der Waals surface area contributed by atoms with Gasteiger partial charge in [0, 0.05) is 11.6 Å². The first-order valence-corrected chi connectivity index (χ1v) is 7.75. The van der Waals surface area contributed by atoms with E-state index >= 15 is 0 Å². The number of benzene rings is 2. The zero-order valence-electron chi connectivity index (χ0n) is 13.8. The maximum absolute atomic E-state index is 12.6. The molecule has 0 saturated carbocycles. The number of nitrogens with zero attached hydrogens (tertiary/aromatic N) is 2. The monoisotopic (exact) mass is 360 g/mol. The molecular formula is C19H15F3N2O2. The molecule has 0 fully saturated rings. The number of alkyl halides is 3. The van der Waals surface area contributed by atoms with Crippen LogP contribution in [0.5, 0.6) is 5.75 Å². The lowest BCUT2D eigenvalue weighted by molar-refractivity contribution is -0.137. The van der Waals surface area contributed by atoms with Crippen LogP contribution in [0.2, 0.25) is 0 Å². The van der Waals surface area contributed by atoms with E-state index in [-0.39, 0.29) is 12.1 Å². The lowest BCUT2D eigenvalue weighted by Gasteiger charge is -2.10. The van der Waals surface area contributed by atoms with Crippen LogP contribution in [0.15, 0.2) is 65.5 Å². The van der Waals surface area contributed by atoms with E-state index in [1.807, 2.05) is 12.1 Å². The van der Waals surface area contributed by atoms with Gasteiger partial charge in [0.25, 0.3) is 5.56 Å². The van der Waals surface area contributed by atoms with Gasteiger partial charge in [0.05, 0.1) is 24.9 Å². The van der Waals surface area contributed by atoms with Gasteiger partial charge in [-0.2, -0.15) is 18.3 Å². The van der Waals surface area contributed by atoms with Gasteiger partial charge >= 0.3 is 6.18 Å². The molecule has 0 N–H and O–H groups in total. The highest BCUT2D eigenvalue weighted by Crippen LogP contribution is 2.29. The van der Waals surface area contributed by atoms with E-state index in [0.29, 0.717) is 17.0 Å². The van der Waals surface area contributed by atoms with Crippen LogP contribution < -0.4 is 10.3 Å². The fraction of sp³-hybridized carbons (Fsp3) is 0.158. The minimum Gasteiger partial charge on any atom is -0.497 e. The summed E-state index contributed by atoms with van der Waals surface area (Å²) in [4.78, 5) is 12.0. The molecule has 2 aromatic carbocycles. The second kappa shape index (κ2) is 7.03. The van der Waals surface area contributed by atoms with E-state index < -0.39 is 11.7 Å². The quantitative estimate of drug-likeness (QED) is 0.707. The van der Waals surface area contributed by atoms with Crippen LogP contribution in [0.1, 0.15) is 11.1 Å². The van der Waals surface area contributed by atoms with Crippen molar-refractivity contribution in [3.8, 4) is 17.0 Å². The number of ether oxygens (including phenoxy) is 1. The first-order valence-electron chi connectivity index (χ1n) is 7.75. The summed E-state index contributed by atoms with van der Waals surface area (Å²) in [5.74, 6) is 0.701. The Kier molecular flexibility index (Phi) is 4.79. The molecule has 1 aromatic heterocycles. The van der Waals surface area contributed by atoms with Crippen molar-refractivity contribution in [3.05, 3.63) is 82.1 Å². The van der Waals surface area contributed by atoms with Crippen molar-refractivity contribution in [1.82, 2.24) is 9.78 Å². The van der Waals surface area contributed by atoms with Gasteiger partial charge in [-0.15, -0.1) is 0 Å². The molecule has 26 heavy (non-hydrogen) atoms. The van der Waals surface area contributed by atoms with Gasteiger partial charge in [0.1, 0.15) is 5.75 Å². The third-order valence-electron chi connectivity index (χ3n) is 3.87. The van der Waals surface area contributed by atoms with Crippen LogP contribution in [0, 0.1) is 0 Å². The predicted molar refractivity (Wildman–Crippen MR) is 91.0 cm³/mol. The standard InChI is InChI=1S/C19H15F3N2O2/c1-26-16-8-4-14(5-9-16)17-10-11-18(25)24(23-17)12-13-2-6-15(7-3-13)19(20,21)22/h2-11H,12H2,1H3. The largest absolute Gasteiger partial charge is 0.497 e. The van der Waals surface area contributed by atoms with Gasteiger partial charge in [0.15, 0.2) is 0 Å². The van der Waals surface area contributed by atoms with Crippen molar-refractivity contribution in [2.24, 2.45) is 0 Å². The van der Waals surface area contributed by atoms with Crippen LogP contribution in [0.4, 0.5) is 13.2 Å². The van der Waals surface area contributed by atoms with Gasteiger partial charge in [-0.1, -0.05) is 12.1 Å². The molecule has 7 heteroatoms. The fourth-order valence-electron chi connectivity index (χ4n) is 2.45. The van der Waals surface area contributed by atoms with Gasteiger partial charge in [-0.3, -0.25) is 4.79 Å². The topological polar surface area (TPSA) is 44.1 Å². The molecular weight excluding hydrogens is 345 g/mol. The van der Waals surface area contributed by atoms with Crippen molar-refractivity contribution < 1.29 is 17.9 Å². The van der Waals surface area contributed by atoms with E-state index in [4.69, 9.17) is 4.74 Å². The van der Waals surface area contributed by atoms with Gasteiger partial charge in [0.2, 0.25) is 0 Å². The zero-order valence-corrected chi connectivity index (χ0v) is 13.8. The Labute approximate surface area is 147 Å². The number of hydrogen-bond donors (Lipinski definition) is 0. The highest BCUT2D eigenvalue weighted by molar-refractivity contribution is 5.59. The highest BCUT2D eigenvalue weighted by atomic mass is 19.4. The molecule has 3 aromatic rings. The molecule has 0 aliphatic carbocycles. The summed E-state index contributed by atoms with van der Waals surface area (Å²) >= 11 is 0. The Morgan fingerprint density at radius 2 is 1.62 bits per heavy atom. The van der Waals surface area contributed by atoms with Gasteiger partial charge in [-0.25, -0.2) is 4.68 Å². The molecule has 0 aliphatic rings. The van der Waals surface area contributed by atoms with Gasteiger partial charge < -0.3 is 4.74 Å². The van der Waals surface area contributed by atoms with Crippen LogP contribution >= 0.6 is 0 Å². The molecule has 3 rings (SSSR count). The zero-order chi connectivity index (χ0) is 18.7. The van der Waals surface area contributed by atoms with Gasteiger partial charge in [-0.05, 0) is 48.0 Å². The van der Waals surface area contributed by atoms with Crippen LogP contribution in [0.25, 0.3) is 11.3 Å². The second-order valence-corrected chi connectivity index (χ2v) is 5.64. The molecule has 4 nitrogen and oxygen atoms in total. The lowest BCUT2D eigenvalue weighted by atomic mass is 10.1. The number of hydrogen-bond acceptors (Lipinski definition) is 3. The van der Waals surface area contributed by atoms with E-state index in [0.717, 1.165) is 17.7 Å². The molecule has 0 radical (unpaired) electrons. The van der Waals surface area contributed by atoms with E-state index in [1.165, 1.54) is 22.9 Å². The normalized spacial score (nSPS) is 11.4. The maximum Gasteiger partial charge on any atom is 0.416 e. The molecule has 0 saturated heterocycles. The minimum atomic E-state index is -4.39. The maximum atomic E-state index is 12.6. The molecule has 0 amide bonds. The van der Waals surface area contributed by atoms with Crippen molar-refractivity contribution in [3.63, 3.8) is 0 Å². The van der Waals surface area contributed by atoms with E-state index in [9.17, 15) is 18.0 Å². The van der Waals surface area contributed by atoms with Crippen molar-refractivity contribution in [2.75, 3.05) is 7.11 Å². The first kappa shape index (κ1) is 17.7. The third-order valence-corrected chi connectivity index (χ3v) is 3.87. The Morgan fingerprint density at radius 1 is 0.962 bits per heavy atom. The highest BCUT2D eigenvalue weighted by Gasteiger charge is 2.29. The Hall–Kier alpha value is -3.09. The number of aromatic nitrogens is 2. The van der Waals surface area contributed by atoms with Crippen LogP contribution in [-0.4, -0.2) is 16.9 Å². The lowest BCUT2D eigenvalue weighted by Crippen LogP contribution is -2.22. The summed E-state index contributed by atoms with van der Waals surface area (Å²) in [6.45, 7) is 0.0843. The third kappa shape index (κ3) is 3.93. The molecule has 0 aliphatic heterocycles. The van der Waals surface area contributed by atoms with Crippen molar-refractivity contribution >= 4 is 0 Å². The van der Waals surface area contributed by atoms with Crippen LogP contribution in [0.3, 0.4) is 0 Å². The first-order chi connectivity index (χ1) is 12.4. The summed E-state index contributed by atoms with van der Waals surface area (Å²) < 4.78 is 44.2. The Bertz CT molecular complexity index is 946. The molecule has 1 heterocycles. The fourth-order valence-corrected chi connectivity index (χ4v) is 2.45. The summed E-state index contributed by atoms with van der Waals surface area (Å²) in [6, 6.07) is 14.9. The summed E-state index contributed by atoms with van der Waals surface area (Å²) in [5, 5.41) is 4.31. The molecule has 0 bridgehead atoms. The SMILES string of the molecule is COc1ccc(-c2ccc(=O)n(Cc3ccc(C(F)(F)F)cc3)n2)cc1. The number of halogens is 3. The molecule has 0 atom stereocenters.